The molecule has 0 atom stereocenters. The molecule has 3 N–H and O–H groups in total. The van der Waals surface area contributed by atoms with E-state index in [2.05, 4.69) is 86.1 Å². The molecule has 15 heteroatoms. The number of benzene rings is 2. The van der Waals surface area contributed by atoms with Crippen LogP contribution in [0.15, 0.2) is 46.0 Å². The van der Waals surface area contributed by atoms with Crippen molar-refractivity contribution in [3.8, 4) is 0 Å². The normalized spacial score (nSPS) is 11.1. The van der Waals surface area contributed by atoms with E-state index in [0.717, 1.165) is 7.14 Å². The first kappa shape index (κ1) is 45.3. The highest BCUT2D eigenvalue weighted by atomic mass is 127. The van der Waals surface area contributed by atoms with Crippen molar-refractivity contribution in [1.82, 2.24) is 24.0 Å². The first-order valence-corrected chi connectivity index (χ1v) is 17.3. The third kappa shape index (κ3) is 14.0. The Labute approximate surface area is 314 Å². The van der Waals surface area contributed by atoms with Gasteiger partial charge in [0.25, 0.3) is 11.1 Å². The summed E-state index contributed by atoms with van der Waals surface area (Å²) < 4.78 is 28.9. The molecule has 2 aromatic heterocycles. The fourth-order valence-corrected chi connectivity index (χ4v) is 5.01. The number of nitrogens with one attached hydrogen (secondary N) is 1. The molecule has 0 bridgehead atoms. The van der Waals surface area contributed by atoms with Crippen molar-refractivity contribution < 1.29 is 8.78 Å². The van der Waals surface area contributed by atoms with Crippen molar-refractivity contribution in [3.63, 3.8) is 0 Å². The number of para-hydroxylation sites is 2. The molecular formula is C32H47Cl2F2I2N7O2. The molecule has 47 heavy (non-hydrogen) atoms. The second kappa shape index (κ2) is 20.8. The van der Waals surface area contributed by atoms with Gasteiger partial charge in [-0.1, -0.05) is 32.9 Å². The minimum atomic E-state index is -0.759. The predicted molar refractivity (Wildman–Crippen MR) is 213 cm³/mol. The van der Waals surface area contributed by atoms with Gasteiger partial charge in [-0.15, -0.1) is 12.4 Å². The van der Waals surface area contributed by atoms with Crippen LogP contribution >= 0.6 is 69.2 Å². The molecule has 0 saturated heterocycles. The lowest BCUT2D eigenvalue weighted by molar-refractivity contribution is 0.321. The summed E-state index contributed by atoms with van der Waals surface area (Å²) in [6, 6.07) is 10.9. The Morgan fingerprint density at radius 1 is 0.830 bits per heavy atom. The number of halogens is 6. The van der Waals surface area contributed by atoms with Gasteiger partial charge in [0.05, 0.1) is 27.3 Å². The number of alkyl halides is 2. The third-order valence-corrected chi connectivity index (χ3v) is 8.61. The average Bonchev–Trinajstić information content (AvgIpc) is 3.01. The fraction of sp³-hybridized carbons (Fsp3) is 0.500. The van der Waals surface area contributed by atoms with E-state index in [-0.39, 0.29) is 28.8 Å². The van der Waals surface area contributed by atoms with Gasteiger partial charge in [0.15, 0.2) is 0 Å². The second-order valence-electron chi connectivity index (χ2n) is 11.7. The van der Waals surface area contributed by atoms with Gasteiger partial charge in [0.2, 0.25) is 11.2 Å². The number of rotatable bonds is 7. The van der Waals surface area contributed by atoms with Crippen LogP contribution in [0.25, 0.3) is 21.8 Å². The number of nitrogens with two attached hydrogens (primary N) is 1. The van der Waals surface area contributed by atoms with Crippen LogP contribution in [0.3, 0.4) is 0 Å². The van der Waals surface area contributed by atoms with Crippen LogP contribution in [0.1, 0.15) is 48.5 Å². The average molecular weight is 924 g/mol. The number of hydrogen-bond donors (Lipinski definition) is 2. The molecule has 0 saturated carbocycles. The molecule has 0 aliphatic rings. The maximum Gasteiger partial charge on any atom is 0.262 e. The van der Waals surface area contributed by atoms with Crippen LogP contribution in [0, 0.1) is 7.14 Å². The maximum absolute atomic E-state index is 12.9. The number of aromatic nitrogens is 4. The highest BCUT2D eigenvalue weighted by molar-refractivity contribution is 14.1. The monoisotopic (exact) mass is 923 g/mol. The minimum absolute atomic E-state index is 0. The summed E-state index contributed by atoms with van der Waals surface area (Å²) in [5.74, 6) is 0.379. The standard InChI is InChI=1S/C13H15FIN3O.C9H6ClIN2O.C6H15N.C4H10FN.ClH/c1-13(2,7-14)17-12-16-10-8(11(19)18(12)3)5-4-6-9(10)15;1-13-8(14)5-3-2-4-6(11)7(5)12-9(13)10;1-4-7(5-2)6-3;1-4(2,6)3-5;/h4-6H,7H2,1-3H3,(H,16,17);2-4H,1H3;4-6H2,1-3H3;3,6H2,1-2H3;1H. The van der Waals surface area contributed by atoms with Crippen molar-refractivity contribution in [2.24, 2.45) is 19.8 Å². The van der Waals surface area contributed by atoms with Crippen molar-refractivity contribution in [3.05, 3.63) is 69.5 Å². The van der Waals surface area contributed by atoms with Gasteiger partial charge in [-0.3, -0.25) is 18.7 Å². The highest BCUT2D eigenvalue weighted by Gasteiger charge is 2.20. The van der Waals surface area contributed by atoms with E-state index >= 15 is 0 Å². The summed E-state index contributed by atoms with van der Waals surface area (Å²) >= 11 is 10.1. The van der Waals surface area contributed by atoms with Crippen LogP contribution in [-0.4, -0.2) is 68.1 Å². The van der Waals surface area contributed by atoms with Crippen molar-refractivity contribution in [1.29, 1.82) is 0 Å². The molecule has 0 spiro atoms. The predicted octanol–water partition coefficient (Wildman–Crippen LogP) is 7.35. The molecule has 0 aliphatic carbocycles. The molecule has 0 fully saturated rings. The van der Waals surface area contributed by atoms with E-state index in [1.54, 1.807) is 53.9 Å². The number of fused-ring (bicyclic) bond motifs is 2. The smallest absolute Gasteiger partial charge is 0.262 e. The van der Waals surface area contributed by atoms with Crippen molar-refractivity contribution in [2.75, 3.05) is 38.3 Å². The molecule has 0 amide bonds. The zero-order chi connectivity index (χ0) is 35.4. The first-order valence-electron chi connectivity index (χ1n) is 14.7. The summed E-state index contributed by atoms with van der Waals surface area (Å²) in [5, 5.41) is 4.35. The van der Waals surface area contributed by atoms with E-state index in [9.17, 15) is 18.4 Å². The van der Waals surface area contributed by atoms with Crippen LogP contribution in [0.5, 0.6) is 0 Å². The molecule has 264 valence electrons. The lowest BCUT2D eigenvalue weighted by atomic mass is 10.1. The Morgan fingerprint density at radius 3 is 1.60 bits per heavy atom. The van der Waals surface area contributed by atoms with Crippen LogP contribution in [0.2, 0.25) is 5.28 Å². The minimum Gasteiger partial charge on any atom is -0.348 e. The second-order valence-corrected chi connectivity index (χ2v) is 14.4. The van der Waals surface area contributed by atoms with Crippen LogP contribution < -0.4 is 22.2 Å². The van der Waals surface area contributed by atoms with E-state index < -0.39 is 24.4 Å². The van der Waals surface area contributed by atoms with Gasteiger partial charge in [-0.05, 0) is 128 Å². The summed E-state index contributed by atoms with van der Waals surface area (Å²) in [7, 11) is 3.24. The third-order valence-electron chi connectivity index (χ3n) is 6.53. The quantitative estimate of drug-likeness (QED) is 0.147. The molecule has 0 aliphatic heterocycles. The SMILES string of the molecule is CC(C)(N)CF.CCN(CC)CC.Cl.Cn1c(Cl)nc2c(I)cccc2c1=O.Cn1c(NC(C)(C)CF)nc2c(I)cccc2c1=O. The van der Waals surface area contributed by atoms with Gasteiger partial charge >= 0.3 is 0 Å². The van der Waals surface area contributed by atoms with Crippen molar-refractivity contribution >= 4 is 96.9 Å². The largest absolute Gasteiger partial charge is 0.348 e. The number of nitrogens with zero attached hydrogens (tertiary/aromatic N) is 5. The molecule has 4 aromatic rings. The van der Waals surface area contributed by atoms with Crippen LogP contribution in [-0.2, 0) is 14.1 Å². The molecule has 9 nitrogen and oxygen atoms in total. The fourth-order valence-electron chi connectivity index (χ4n) is 3.61. The summed E-state index contributed by atoms with van der Waals surface area (Å²) in [4.78, 5) is 35.0. The summed E-state index contributed by atoms with van der Waals surface area (Å²) in [6.45, 7) is 15.9. The van der Waals surface area contributed by atoms with Crippen molar-refractivity contribution in [2.45, 2.75) is 59.5 Å². The number of anilines is 1. The molecule has 0 unspecified atom stereocenters. The zero-order valence-electron chi connectivity index (χ0n) is 28.4. The van der Waals surface area contributed by atoms with Gasteiger partial charge in [-0.2, -0.15) is 0 Å². The lowest BCUT2D eigenvalue weighted by Gasteiger charge is -2.24. The summed E-state index contributed by atoms with van der Waals surface area (Å²) in [5.41, 5.74) is 4.83. The zero-order valence-corrected chi connectivity index (χ0v) is 34.3. The van der Waals surface area contributed by atoms with E-state index in [1.807, 2.05) is 24.3 Å². The van der Waals surface area contributed by atoms with Gasteiger partial charge < -0.3 is 16.0 Å². The lowest BCUT2D eigenvalue weighted by Crippen LogP contribution is -2.36. The Bertz CT molecular complexity index is 1690. The molecule has 2 aromatic carbocycles. The molecule has 2 heterocycles. The van der Waals surface area contributed by atoms with Crippen LogP contribution in [0.4, 0.5) is 14.7 Å². The Kier molecular flexibility index (Phi) is 20.0. The van der Waals surface area contributed by atoms with E-state index in [4.69, 9.17) is 17.3 Å². The number of hydrogen-bond acceptors (Lipinski definition) is 7. The summed E-state index contributed by atoms with van der Waals surface area (Å²) in [6.07, 6.45) is 0. The van der Waals surface area contributed by atoms with Gasteiger partial charge in [0.1, 0.15) is 13.3 Å². The first-order chi connectivity index (χ1) is 21.4. The Balaban J connectivity index is 0.000000663. The molecular weight excluding hydrogens is 877 g/mol. The van der Waals surface area contributed by atoms with Gasteiger partial charge in [0, 0.05) is 26.8 Å². The van der Waals surface area contributed by atoms with Gasteiger partial charge in [-0.25, -0.2) is 18.7 Å². The van der Waals surface area contributed by atoms with E-state index in [0.29, 0.717) is 27.8 Å². The Morgan fingerprint density at radius 2 is 1.23 bits per heavy atom. The molecule has 0 radical (unpaired) electrons. The maximum atomic E-state index is 12.9. The highest BCUT2D eigenvalue weighted by Crippen LogP contribution is 2.20. The van der Waals surface area contributed by atoms with E-state index in [1.165, 1.54) is 28.8 Å². The molecule has 4 rings (SSSR count). The topological polar surface area (TPSA) is 111 Å². The Hall–Kier alpha value is -1.66.